The van der Waals surface area contributed by atoms with Gasteiger partial charge >= 0.3 is 12.1 Å². The van der Waals surface area contributed by atoms with Gasteiger partial charge in [-0.15, -0.1) is 0 Å². The van der Waals surface area contributed by atoms with Crippen molar-refractivity contribution in [2.45, 2.75) is 31.8 Å². The molecule has 0 saturated carbocycles. The van der Waals surface area contributed by atoms with Gasteiger partial charge in [0.2, 0.25) is 0 Å². The summed E-state index contributed by atoms with van der Waals surface area (Å²) in [7, 11) is 1.38. The summed E-state index contributed by atoms with van der Waals surface area (Å²) in [6.45, 7) is 0. The minimum Gasteiger partial charge on any atom is -0.469 e. The minimum atomic E-state index is -0.787. The van der Waals surface area contributed by atoms with Crippen molar-refractivity contribution in [2.24, 2.45) is 11.7 Å². The average molecular weight is 227 g/mol. The van der Waals surface area contributed by atoms with Crippen LogP contribution in [0.4, 0.5) is 4.79 Å². The molecule has 0 bridgehead atoms. The van der Waals surface area contributed by atoms with Crippen molar-refractivity contribution in [3.8, 4) is 0 Å². The van der Waals surface area contributed by atoms with E-state index in [0.29, 0.717) is 12.8 Å². The van der Waals surface area contributed by atoms with E-state index in [9.17, 15) is 9.59 Å². The van der Waals surface area contributed by atoms with Crippen LogP contribution in [0.5, 0.6) is 0 Å². The number of carbonyl (C=O) groups excluding carboxylic acids is 2. The first-order valence-corrected chi connectivity index (χ1v) is 5.34. The van der Waals surface area contributed by atoms with Gasteiger partial charge in [0.15, 0.2) is 0 Å². The summed E-state index contributed by atoms with van der Waals surface area (Å²) in [5.41, 5.74) is 4.95. The summed E-state index contributed by atoms with van der Waals surface area (Å²) in [5.74, 6) is -0.318. The molecule has 0 aliphatic heterocycles. The molecule has 1 aliphatic carbocycles. The Bertz CT molecular complexity index is 288. The second-order valence-electron chi connectivity index (χ2n) is 3.78. The van der Waals surface area contributed by atoms with E-state index in [1.807, 2.05) is 12.2 Å². The van der Waals surface area contributed by atoms with E-state index in [1.54, 1.807) is 0 Å². The van der Waals surface area contributed by atoms with Crippen molar-refractivity contribution in [3.05, 3.63) is 12.2 Å². The normalized spacial score (nSPS) is 27.3. The molecule has 1 rings (SSSR count). The Morgan fingerprint density at radius 2 is 2.06 bits per heavy atom. The summed E-state index contributed by atoms with van der Waals surface area (Å²) in [5, 5.41) is 0. The molecule has 0 spiro atoms. The topological polar surface area (TPSA) is 78.6 Å². The van der Waals surface area contributed by atoms with Crippen LogP contribution in [-0.2, 0) is 14.3 Å². The fraction of sp³-hybridized carbons (Fsp3) is 0.636. The molecule has 90 valence electrons. The maximum Gasteiger partial charge on any atom is 0.405 e. The van der Waals surface area contributed by atoms with E-state index in [0.717, 1.165) is 12.8 Å². The number of rotatable bonds is 2. The fourth-order valence-electron chi connectivity index (χ4n) is 1.80. The zero-order valence-corrected chi connectivity index (χ0v) is 9.35. The number of ether oxygens (including phenoxy) is 2. The van der Waals surface area contributed by atoms with Gasteiger partial charge in [0.05, 0.1) is 13.0 Å². The predicted octanol–water partition coefficient (Wildman–Crippen LogP) is 1.37. The first-order valence-electron chi connectivity index (χ1n) is 5.34. The van der Waals surface area contributed by atoms with Crippen LogP contribution in [0, 0.1) is 5.92 Å². The molecule has 5 nitrogen and oxygen atoms in total. The van der Waals surface area contributed by atoms with Gasteiger partial charge in [0.1, 0.15) is 6.10 Å². The lowest BCUT2D eigenvalue weighted by Gasteiger charge is -2.19. The Kier molecular flexibility index (Phi) is 4.82. The highest BCUT2D eigenvalue weighted by Crippen LogP contribution is 2.21. The molecule has 5 heteroatoms. The van der Waals surface area contributed by atoms with Gasteiger partial charge in [-0.2, -0.15) is 0 Å². The Balaban J connectivity index is 2.53. The molecule has 0 unspecified atom stereocenters. The van der Waals surface area contributed by atoms with Crippen LogP contribution in [0.3, 0.4) is 0 Å². The summed E-state index contributed by atoms with van der Waals surface area (Å²) in [4.78, 5) is 22.0. The molecule has 2 atom stereocenters. The lowest BCUT2D eigenvalue weighted by molar-refractivity contribution is -0.146. The molecule has 0 heterocycles. The number of nitrogens with two attached hydrogens (primary N) is 1. The van der Waals surface area contributed by atoms with Crippen LogP contribution in [0.1, 0.15) is 25.7 Å². The number of primary amides is 1. The molecular weight excluding hydrogens is 210 g/mol. The quantitative estimate of drug-likeness (QED) is 0.570. The smallest absolute Gasteiger partial charge is 0.405 e. The van der Waals surface area contributed by atoms with Crippen molar-refractivity contribution >= 4 is 12.1 Å². The van der Waals surface area contributed by atoms with Crippen LogP contribution in [0.2, 0.25) is 0 Å². The Morgan fingerprint density at radius 3 is 2.69 bits per heavy atom. The molecule has 0 aromatic rings. The Morgan fingerprint density at radius 1 is 1.31 bits per heavy atom. The third-order valence-electron chi connectivity index (χ3n) is 2.63. The van der Waals surface area contributed by atoms with Crippen molar-refractivity contribution < 1.29 is 19.1 Å². The van der Waals surface area contributed by atoms with Crippen LogP contribution >= 0.6 is 0 Å². The zero-order valence-electron chi connectivity index (χ0n) is 9.35. The molecule has 2 N–H and O–H groups in total. The molecule has 0 radical (unpaired) electrons. The zero-order chi connectivity index (χ0) is 12.0. The number of hydrogen-bond acceptors (Lipinski definition) is 4. The molecule has 1 amide bonds. The van der Waals surface area contributed by atoms with E-state index < -0.39 is 6.09 Å². The van der Waals surface area contributed by atoms with E-state index >= 15 is 0 Å². The van der Waals surface area contributed by atoms with Gasteiger partial charge in [-0.1, -0.05) is 6.08 Å². The third-order valence-corrected chi connectivity index (χ3v) is 2.63. The van der Waals surface area contributed by atoms with Gasteiger partial charge in [0.25, 0.3) is 0 Å². The number of methoxy groups -OCH3 is 1. The first-order chi connectivity index (χ1) is 7.63. The maximum atomic E-state index is 11.4. The monoisotopic (exact) mass is 227 g/mol. The molecule has 0 aromatic heterocycles. The summed E-state index contributed by atoms with van der Waals surface area (Å²) < 4.78 is 9.60. The fourth-order valence-corrected chi connectivity index (χ4v) is 1.80. The summed E-state index contributed by atoms with van der Waals surface area (Å²) in [6.07, 6.45) is 5.40. The number of allylic oxidation sites excluding steroid dienone is 1. The van der Waals surface area contributed by atoms with Gasteiger partial charge < -0.3 is 15.2 Å². The first kappa shape index (κ1) is 12.5. The standard InChI is InChI=1S/C11H17NO4/c1-15-10(13)8-4-2-3-5-9(7-6-8)16-11(12)14/h3,5,8-9H,2,4,6-7H2,1H3,(H2,12,14)/b5-3+/t8-,9+/m0/s1. The van der Waals surface area contributed by atoms with Crippen LogP contribution < -0.4 is 5.73 Å². The van der Waals surface area contributed by atoms with Crippen molar-refractivity contribution in [2.75, 3.05) is 7.11 Å². The second kappa shape index (κ2) is 6.15. The Labute approximate surface area is 94.6 Å². The second-order valence-corrected chi connectivity index (χ2v) is 3.78. The van der Waals surface area contributed by atoms with Gasteiger partial charge in [-0.05, 0) is 31.8 Å². The highest BCUT2D eigenvalue weighted by molar-refractivity contribution is 5.72. The van der Waals surface area contributed by atoms with Gasteiger partial charge in [-0.3, -0.25) is 4.79 Å². The molecule has 0 aromatic carbocycles. The van der Waals surface area contributed by atoms with E-state index in [-0.39, 0.29) is 18.0 Å². The van der Waals surface area contributed by atoms with Crippen LogP contribution in [0.15, 0.2) is 12.2 Å². The van der Waals surface area contributed by atoms with E-state index in [2.05, 4.69) is 0 Å². The van der Waals surface area contributed by atoms with E-state index in [1.165, 1.54) is 7.11 Å². The largest absolute Gasteiger partial charge is 0.469 e. The number of carbonyl (C=O) groups is 2. The number of esters is 1. The van der Waals surface area contributed by atoms with Gasteiger partial charge in [-0.25, -0.2) is 4.79 Å². The van der Waals surface area contributed by atoms with E-state index in [4.69, 9.17) is 15.2 Å². The van der Waals surface area contributed by atoms with Crippen LogP contribution in [-0.4, -0.2) is 25.3 Å². The lowest BCUT2D eigenvalue weighted by Crippen LogP contribution is -2.24. The Hall–Kier alpha value is -1.52. The highest BCUT2D eigenvalue weighted by Gasteiger charge is 2.22. The number of amides is 1. The predicted molar refractivity (Wildman–Crippen MR) is 57.6 cm³/mol. The molecule has 0 saturated heterocycles. The summed E-state index contributed by atoms with van der Waals surface area (Å²) in [6, 6.07) is 0. The number of hydrogen-bond donors (Lipinski definition) is 1. The van der Waals surface area contributed by atoms with Crippen molar-refractivity contribution in [1.29, 1.82) is 0 Å². The third kappa shape index (κ3) is 3.92. The van der Waals surface area contributed by atoms with Gasteiger partial charge in [0, 0.05) is 0 Å². The highest BCUT2D eigenvalue weighted by atomic mass is 16.6. The maximum absolute atomic E-state index is 11.4. The molecular formula is C11H17NO4. The minimum absolute atomic E-state index is 0.117. The lowest BCUT2D eigenvalue weighted by atomic mass is 9.93. The average Bonchev–Trinajstić information content (AvgIpc) is 2.21. The van der Waals surface area contributed by atoms with Crippen molar-refractivity contribution in [1.82, 2.24) is 0 Å². The van der Waals surface area contributed by atoms with Crippen LogP contribution in [0.25, 0.3) is 0 Å². The molecule has 16 heavy (non-hydrogen) atoms. The molecule has 0 fully saturated rings. The SMILES string of the molecule is COC(=O)[C@H]1CC/C=C/[C@@H](OC(N)=O)CC1. The molecule has 1 aliphatic rings. The summed E-state index contributed by atoms with van der Waals surface area (Å²) >= 11 is 0. The van der Waals surface area contributed by atoms with Crippen molar-refractivity contribution in [3.63, 3.8) is 0 Å².